The summed E-state index contributed by atoms with van der Waals surface area (Å²) in [4.78, 5) is 12.7. The molecule has 3 rings (SSSR count). The van der Waals surface area contributed by atoms with Crippen molar-refractivity contribution in [1.82, 2.24) is 9.62 Å². The molecule has 1 aromatic carbocycles. The molecule has 8 heteroatoms. The summed E-state index contributed by atoms with van der Waals surface area (Å²) in [5, 5.41) is 3.03. The summed E-state index contributed by atoms with van der Waals surface area (Å²) in [5.74, 6) is 0.332. The molecule has 172 valence electrons. The van der Waals surface area contributed by atoms with Crippen LogP contribution in [-0.4, -0.2) is 51.9 Å². The predicted octanol–water partition coefficient (Wildman–Crippen LogP) is 3.49. The number of nitrogens with zero attached hydrogens (tertiary/aromatic N) is 2. The van der Waals surface area contributed by atoms with Crippen LogP contribution in [0.5, 0.6) is 5.75 Å². The van der Waals surface area contributed by atoms with Crippen molar-refractivity contribution in [2.24, 2.45) is 5.92 Å². The van der Waals surface area contributed by atoms with E-state index in [0.717, 1.165) is 25.7 Å². The van der Waals surface area contributed by atoms with E-state index < -0.39 is 10.2 Å². The lowest BCUT2D eigenvalue weighted by molar-refractivity contribution is -0.126. The Hall–Kier alpha value is -2.06. The Morgan fingerprint density at radius 2 is 2.00 bits per heavy atom. The molecular formula is C23H35N3O4S. The maximum absolute atomic E-state index is 13.3. The van der Waals surface area contributed by atoms with E-state index >= 15 is 0 Å². The van der Waals surface area contributed by atoms with Gasteiger partial charge in [-0.1, -0.05) is 11.6 Å². The molecule has 1 aromatic rings. The molecule has 2 aliphatic rings. The highest BCUT2D eigenvalue weighted by molar-refractivity contribution is 7.90. The number of benzene rings is 1. The number of carbonyl (C=O) groups is 1. The van der Waals surface area contributed by atoms with Crippen molar-refractivity contribution < 1.29 is 17.9 Å². The molecule has 1 atom stereocenters. The van der Waals surface area contributed by atoms with Gasteiger partial charge >= 0.3 is 10.2 Å². The molecular weight excluding hydrogens is 414 g/mol. The number of amides is 1. The first kappa shape index (κ1) is 23.6. The summed E-state index contributed by atoms with van der Waals surface area (Å²) >= 11 is 0. The third-order valence-corrected chi connectivity index (χ3v) is 8.15. The summed E-state index contributed by atoms with van der Waals surface area (Å²) in [6, 6.07) is 6.99. The largest absolute Gasteiger partial charge is 0.497 e. The van der Waals surface area contributed by atoms with E-state index in [2.05, 4.69) is 11.4 Å². The van der Waals surface area contributed by atoms with Gasteiger partial charge in [-0.2, -0.15) is 12.7 Å². The maximum Gasteiger partial charge on any atom is 0.304 e. The molecule has 1 heterocycles. The van der Waals surface area contributed by atoms with Gasteiger partial charge in [-0.25, -0.2) is 0 Å². The summed E-state index contributed by atoms with van der Waals surface area (Å²) in [6.07, 6.45) is 9.34. The van der Waals surface area contributed by atoms with Crippen molar-refractivity contribution >= 4 is 21.8 Å². The van der Waals surface area contributed by atoms with Crippen LogP contribution in [0.4, 0.5) is 5.69 Å². The maximum atomic E-state index is 13.3. The fourth-order valence-corrected chi connectivity index (χ4v) is 6.08. The van der Waals surface area contributed by atoms with Gasteiger partial charge in [0.05, 0.1) is 18.7 Å². The second-order valence-electron chi connectivity index (χ2n) is 8.22. The number of rotatable bonds is 9. The summed E-state index contributed by atoms with van der Waals surface area (Å²) < 4.78 is 34.7. The molecule has 1 saturated heterocycles. The highest BCUT2D eigenvalue weighted by Crippen LogP contribution is 2.27. The molecule has 0 bridgehead atoms. The summed E-state index contributed by atoms with van der Waals surface area (Å²) in [6.45, 7) is 3.42. The summed E-state index contributed by atoms with van der Waals surface area (Å²) in [5.41, 5.74) is 2.02. The zero-order valence-electron chi connectivity index (χ0n) is 18.7. The van der Waals surface area contributed by atoms with E-state index in [-0.39, 0.29) is 18.4 Å². The monoisotopic (exact) mass is 449 g/mol. The quantitative estimate of drug-likeness (QED) is 0.586. The number of allylic oxidation sites excluding steroid dienone is 1. The lowest BCUT2D eigenvalue weighted by atomic mass is 9.96. The number of anilines is 1. The van der Waals surface area contributed by atoms with Gasteiger partial charge in [0.25, 0.3) is 0 Å². The van der Waals surface area contributed by atoms with E-state index in [4.69, 9.17) is 4.74 Å². The minimum atomic E-state index is -3.71. The number of piperidine rings is 1. The number of hydrogen-bond acceptors (Lipinski definition) is 4. The first-order valence-electron chi connectivity index (χ1n) is 11.3. The van der Waals surface area contributed by atoms with Gasteiger partial charge in [-0.3, -0.25) is 9.10 Å². The first-order chi connectivity index (χ1) is 15.0. The van der Waals surface area contributed by atoms with Crippen molar-refractivity contribution in [3.8, 4) is 5.75 Å². The van der Waals surface area contributed by atoms with Crippen molar-refractivity contribution in [2.75, 3.05) is 37.6 Å². The molecule has 0 aromatic heterocycles. The van der Waals surface area contributed by atoms with Gasteiger partial charge in [-0.15, -0.1) is 0 Å². The molecule has 1 N–H and O–H groups in total. The Balaban J connectivity index is 1.60. The van der Waals surface area contributed by atoms with Crippen LogP contribution in [0.1, 0.15) is 51.9 Å². The molecule has 0 radical (unpaired) electrons. The summed E-state index contributed by atoms with van der Waals surface area (Å²) in [7, 11) is -2.14. The molecule has 1 aliphatic heterocycles. The molecule has 0 saturated carbocycles. The van der Waals surface area contributed by atoms with Crippen LogP contribution < -0.4 is 14.4 Å². The average molecular weight is 450 g/mol. The molecule has 0 spiro atoms. The van der Waals surface area contributed by atoms with Crippen LogP contribution in [-0.2, 0) is 15.0 Å². The van der Waals surface area contributed by atoms with Crippen molar-refractivity contribution in [3.63, 3.8) is 0 Å². The fraction of sp³-hybridized carbons (Fsp3) is 0.609. The molecule has 1 aliphatic carbocycles. The fourth-order valence-electron chi connectivity index (χ4n) is 4.36. The van der Waals surface area contributed by atoms with Crippen molar-refractivity contribution in [2.45, 2.75) is 51.9 Å². The van der Waals surface area contributed by atoms with Crippen LogP contribution >= 0.6 is 0 Å². The lowest BCUT2D eigenvalue weighted by Gasteiger charge is -2.35. The third-order valence-electron chi connectivity index (χ3n) is 6.14. The molecule has 31 heavy (non-hydrogen) atoms. The highest BCUT2D eigenvalue weighted by atomic mass is 32.2. The Kier molecular flexibility index (Phi) is 8.37. The second kappa shape index (κ2) is 11.0. The zero-order valence-corrected chi connectivity index (χ0v) is 19.5. The van der Waals surface area contributed by atoms with E-state index in [9.17, 15) is 13.2 Å². The van der Waals surface area contributed by atoms with E-state index in [1.54, 1.807) is 31.4 Å². The minimum absolute atomic E-state index is 0.0381. The highest BCUT2D eigenvalue weighted by Gasteiger charge is 2.35. The van der Waals surface area contributed by atoms with E-state index in [1.165, 1.54) is 27.0 Å². The number of ether oxygens (including phenoxy) is 1. The van der Waals surface area contributed by atoms with Crippen molar-refractivity contribution in [3.05, 3.63) is 35.9 Å². The van der Waals surface area contributed by atoms with Crippen LogP contribution in [0, 0.1) is 5.92 Å². The first-order valence-corrected chi connectivity index (χ1v) is 12.7. The van der Waals surface area contributed by atoms with E-state index in [0.29, 0.717) is 37.5 Å². The molecule has 1 amide bonds. The lowest BCUT2D eigenvalue weighted by Crippen LogP contribution is -2.50. The standard InChI is InChI=1S/C23H35N3O4S/c1-3-26(21-11-13-22(30-2)14-12-21)31(28,29)25-17-7-10-20(18-25)23(27)24-16-15-19-8-5-4-6-9-19/h8,11-14,20H,3-7,9-10,15-18H2,1-2H3,(H,24,27). The van der Waals surface area contributed by atoms with Gasteiger partial charge in [0, 0.05) is 26.2 Å². The predicted molar refractivity (Wildman–Crippen MR) is 123 cm³/mol. The smallest absolute Gasteiger partial charge is 0.304 e. The zero-order chi connectivity index (χ0) is 22.3. The molecule has 7 nitrogen and oxygen atoms in total. The Morgan fingerprint density at radius 1 is 1.23 bits per heavy atom. The normalized spacial score (nSPS) is 20.1. The van der Waals surface area contributed by atoms with Gasteiger partial charge in [-0.05, 0) is 76.1 Å². The van der Waals surface area contributed by atoms with Crippen LogP contribution in [0.3, 0.4) is 0 Å². The Bertz CT molecular complexity index is 867. The number of methoxy groups -OCH3 is 1. The van der Waals surface area contributed by atoms with Crippen molar-refractivity contribution in [1.29, 1.82) is 0 Å². The molecule has 1 fully saturated rings. The Labute approximate surface area is 186 Å². The van der Waals surface area contributed by atoms with Gasteiger partial charge in [0.15, 0.2) is 0 Å². The number of nitrogens with one attached hydrogen (secondary N) is 1. The van der Waals surface area contributed by atoms with Crippen LogP contribution in [0.15, 0.2) is 35.9 Å². The third kappa shape index (κ3) is 6.01. The second-order valence-corrected chi connectivity index (χ2v) is 10.1. The topological polar surface area (TPSA) is 79.0 Å². The molecule has 1 unspecified atom stereocenters. The number of carbonyl (C=O) groups excluding carboxylic acids is 1. The number of hydrogen-bond donors (Lipinski definition) is 1. The van der Waals surface area contributed by atoms with Crippen LogP contribution in [0.2, 0.25) is 0 Å². The van der Waals surface area contributed by atoms with Crippen LogP contribution in [0.25, 0.3) is 0 Å². The van der Waals surface area contributed by atoms with E-state index in [1.807, 2.05) is 6.92 Å². The van der Waals surface area contributed by atoms with Gasteiger partial charge in [0.2, 0.25) is 5.91 Å². The van der Waals surface area contributed by atoms with Gasteiger partial charge < -0.3 is 10.1 Å². The average Bonchev–Trinajstić information content (AvgIpc) is 2.80. The van der Waals surface area contributed by atoms with Gasteiger partial charge in [0.1, 0.15) is 5.75 Å². The SMILES string of the molecule is CCN(c1ccc(OC)cc1)S(=O)(=O)N1CCCC(C(=O)NCCC2=CCCCC2)C1. The Morgan fingerprint density at radius 3 is 2.65 bits per heavy atom. The minimum Gasteiger partial charge on any atom is -0.497 e.